The van der Waals surface area contributed by atoms with Crippen LogP contribution in [0.4, 0.5) is 5.69 Å². The largest absolute Gasteiger partial charge is 0.422 e. The maximum atomic E-state index is 5.30. The van der Waals surface area contributed by atoms with Crippen molar-refractivity contribution in [3.63, 3.8) is 0 Å². The van der Waals surface area contributed by atoms with Crippen molar-refractivity contribution in [2.24, 2.45) is 0 Å². The lowest BCUT2D eigenvalue weighted by Gasteiger charge is -2.21. The Hall–Kier alpha value is -2.96. The van der Waals surface area contributed by atoms with E-state index in [9.17, 15) is 0 Å². The molecule has 132 valence electrons. The number of nitrogens with zero attached hydrogens (tertiary/aromatic N) is 6. The molecule has 5 rings (SSSR count). The van der Waals surface area contributed by atoms with Crippen molar-refractivity contribution in [2.45, 2.75) is 32.6 Å². The Morgan fingerprint density at radius 1 is 1.12 bits per heavy atom. The van der Waals surface area contributed by atoms with Gasteiger partial charge in [0.2, 0.25) is 6.39 Å². The summed E-state index contributed by atoms with van der Waals surface area (Å²) >= 11 is 0. The highest BCUT2D eigenvalue weighted by Crippen LogP contribution is 2.32. The van der Waals surface area contributed by atoms with E-state index >= 15 is 0 Å². The van der Waals surface area contributed by atoms with Crippen LogP contribution >= 0.6 is 0 Å². The molecule has 1 saturated heterocycles. The van der Waals surface area contributed by atoms with E-state index in [1.807, 2.05) is 16.7 Å². The first-order chi connectivity index (χ1) is 12.7. The minimum absolute atomic E-state index is 0.356. The molecule has 0 amide bonds. The summed E-state index contributed by atoms with van der Waals surface area (Å²) in [5, 5.41) is 8.86. The van der Waals surface area contributed by atoms with Crippen LogP contribution in [0.2, 0.25) is 0 Å². The summed E-state index contributed by atoms with van der Waals surface area (Å²) in [4.78, 5) is 12.0. The zero-order chi connectivity index (χ0) is 17.7. The first-order valence-electron chi connectivity index (χ1n) is 9.05. The van der Waals surface area contributed by atoms with Gasteiger partial charge in [0.25, 0.3) is 5.89 Å². The van der Waals surface area contributed by atoms with Crippen LogP contribution < -0.4 is 4.90 Å². The Morgan fingerprint density at radius 2 is 1.96 bits per heavy atom. The average Bonchev–Trinajstić information content (AvgIpc) is 3.41. The van der Waals surface area contributed by atoms with Gasteiger partial charge in [-0.2, -0.15) is 0 Å². The molecule has 0 aliphatic carbocycles. The number of hydrogen-bond donors (Lipinski definition) is 0. The number of fused-ring (bicyclic) bond motifs is 3. The Kier molecular flexibility index (Phi) is 3.41. The number of anilines is 1. The molecule has 0 unspecified atom stereocenters. The smallest absolute Gasteiger partial charge is 0.267 e. The highest BCUT2D eigenvalue weighted by Gasteiger charge is 2.20. The van der Waals surface area contributed by atoms with E-state index in [-0.39, 0.29) is 0 Å². The topological polar surface area (TPSA) is 72.4 Å². The van der Waals surface area contributed by atoms with Gasteiger partial charge < -0.3 is 9.32 Å². The van der Waals surface area contributed by atoms with Crippen LogP contribution in [-0.2, 0) is 0 Å². The van der Waals surface area contributed by atoms with E-state index in [0.717, 1.165) is 35.5 Å². The fourth-order valence-corrected chi connectivity index (χ4v) is 3.63. The summed E-state index contributed by atoms with van der Waals surface area (Å²) in [7, 11) is 0. The molecule has 0 radical (unpaired) electrons. The van der Waals surface area contributed by atoms with Crippen LogP contribution in [0.1, 0.15) is 38.3 Å². The molecule has 1 aliphatic heterocycles. The Balaban J connectivity index is 1.79. The predicted molar refractivity (Wildman–Crippen MR) is 99.3 cm³/mol. The molecule has 0 aromatic carbocycles. The maximum Gasteiger partial charge on any atom is 0.267 e. The van der Waals surface area contributed by atoms with Crippen molar-refractivity contribution in [2.75, 3.05) is 18.0 Å². The summed E-state index contributed by atoms with van der Waals surface area (Å²) in [5.41, 5.74) is 4.78. The Bertz CT molecular complexity index is 1080. The van der Waals surface area contributed by atoms with E-state index in [1.165, 1.54) is 24.9 Å². The van der Waals surface area contributed by atoms with E-state index in [2.05, 4.69) is 46.1 Å². The summed E-state index contributed by atoms with van der Waals surface area (Å²) in [6, 6.07) is 6.40. The molecule has 0 atom stereocenters. The first-order valence-corrected chi connectivity index (χ1v) is 9.05. The van der Waals surface area contributed by atoms with Crippen molar-refractivity contribution >= 4 is 22.4 Å². The van der Waals surface area contributed by atoms with Crippen molar-refractivity contribution < 1.29 is 4.42 Å². The minimum atomic E-state index is 0.356. The Labute approximate surface area is 150 Å². The third kappa shape index (κ3) is 2.34. The van der Waals surface area contributed by atoms with Gasteiger partial charge in [-0.1, -0.05) is 13.8 Å². The van der Waals surface area contributed by atoms with Crippen LogP contribution in [-0.4, -0.2) is 37.7 Å². The number of rotatable bonds is 3. The second-order valence-corrected chi connectivity index (χ2v) is 7.08. The third-order valence-corrected chi connectivity index (χ3v) is 5.01. The normalized spacial score (nSPS) is 15.0. The fraction of sp³-hybridized carbons (Fsp3) is 0.368. The molecule has 26 heavy (non-hydrogen) atoms. The van der Waals surface area contributed by atoms with E-state index in [4.69, 9.17) is 9.40 Å². The first kappa shape index (κ1) is 15.3. The van der Waals surface area contributed by atoms with Gasteiger partial charge in [-0.25, -0.2) is 9.97 Å². The van der Waals surface area contributed by atoms with Crippen molar-refractivity contribution in [3.8, 4) is 11.6 Å². The molecule has 4 aromatic rings. The molecular formula is C19H20N6O. The lowest BCUT2D eigenvalue weighted by atomic mass is 10.1. The summed E-state index contributed by atoms with van der Waals surface area (Å²) < 4.78 is 7.33. The standard InChI is InChI=1S/C19H20N6O/c1-12(2)14-9-16(24-7-3-4-8-24)13-5-6-17-21-15(19-23-20-11-26-19)10-25(17)18(13)22-14/h5-6,9-12H,3-4,7-8H2,1-2H3. The van der Waals surface area contributed by atoms with Gasteiger partial charge in [0.15, 0.2) is 0 Å². The summed E-state index contributed by atoms with van der Waals surface area (Å²) in [6.07, 6.45) is 5.74. The lowest BCUT2D eigenvalue weighted by Crippen LogP contribution is -2.19. The van der Waals surface area contributed by atoms with Gasteiger partial charge in [0.05, 0.1) is 0 Å². The van der Waals surface area contributed by atoms with Crippen molar-refractivity contribution in [1.29, 1.82) is 0 Å². The van der Waals surface area contributed by atoms with Gasteiger partial charge in [0, 0.05) is 36.1 Å². The van der Waals surface area contributed by atoms with Crippen LogP contribution in [0.15, 0.2) is 35.2 Å². The monoisotopic (exact) mass is 348 g/mol. The van der Waals surface area contributed by atoms with Gasteiger partial charge in [-0.3, -0.25) is 4.40 Å². The van der Waals surface area contributed by atoms with Gasteiger partial charge in [-0.05, 0) is 37.0 Å². The second kappa shape index (κ2) is 5.79. The van der Waals surface area contributed by atoms with Gasteiger partial charge in [-0.15, -0.1) is 10.2 Å². The molecule has 5 heterocycles. The zero-order valence-corrected chi connectivity index (χ0v) is 14.9. The van der Waals surface area contributed by atoms with Crippen LogP contribution in [0.5, 0.6) is 0 Å². The molecule has 1 fully saturated rings. The molecule has 7 heteroatoms. The zero-order valence-electron chi connectivity index (χ0n) is 14.9. The molecule has 7 nitrogen and oxygen atoms in total. The SMILES string of the molecule is CC(C)c1cc(N2CCCC2)c2ccc3nc(-c4nnco4)cn3c2n1. The highest BCUT2D eigenvalue weighted by atomic mass is 16.4. The Morgan fingerprint density at radius 3 is 2.69 bits per heavy atom. The molecule has 0 N–H and O–H groups in total. The van der Waals surface area contributed by atoms with E-state index < -0.39 is 0 Å². The maximum absolute atomic E-state index is 5.30. The number of imidazole rings is 1. The third-order valence-electron chi connectivity index (χ3n) is 5.01. The average molecular weight is 348 g/mol. The number of hydrogen-bond acceptors (Lipinski definition) is 6. The highest BCUT2D eigenvalue weighted by molar-refractivity contribution is 5.92. The fourth-order valence-electron chi connectivity index (χ4n) is 3.63. The number of aromatic nitrogens is 5. The second-order valence-electron chi connectivity index (χ2n) is 7.08. The van der Waals surface area contributed by atoms with Crippen LogP contribution in [0.3, 0.4) is 0 Å². The van der Waals surface area contributed by atoms with Gasteiger partial charge >= 0.3 is 0 Å². The van der Waals surface area contributed by atoms with Crippen molar-refractivity contribution in [3.05, 3.63) is 36.5 Å². The lowest BCUT2D eigenvalue weighted by molar-refractivity contribution is 0.567. The molecular weight excluding hydrogens is 328 g/mol. The molecule has 0 spiro atoms. The van der Waals surface area contributed by atoms with E-state index in [1.54, 1.807) is 0 Å². The van der Waals surface area contributed by atoms with E-state index in [0.29, 0.717) is 17.5 Å². The predicted octanol–water partition coefficient (Wildman–Crippen LogP) is 3.66. The molecule has 0 saturated carbocycles. The quantitative estimate of drug-likeness (QED) is 0.563. The number of pyridine rings is 2. The van der Waals surface area contributed by atoms with Crippen molar-refractivity contribution in [1.82, 2.24) is 24.6 Å². The molecule has 4 aromatic heterocycles. The summed E-state index contributed by atoms with van der Waals surface area (Å²) in [5.74, 6) is 0.775. The summed E-state index contributed by atoms with van der Waals surface area (Å²) in [6.45, 7) is 6.57. The van der Waals surface area contributed by atoms with Gasteiger partial charge in [0.1, 0.15) is 17.0 Å². The van der Waals surface area contributed by atoms with Crippen LogP contribution in [0, 0.1) is 0 Å². The van der Waals surface area contributed by atoms with Crippen LogP contribution in [0.25, 0.3) is 28.3 Å². The minimum Gasteiger partial charge on any atom is -0.422 e. The molecule has 1 aliphatic rings. The molecule has 0 bridgehead atoms.